The van der Waals surface area contributed by atoms with E-state index < -0.39 is 5.97 Å². The number of ether oxygens (including phenoxy) is 1. The maximum atomic E-state index is 13.1. The Balaban J connectivity index is 1.67. The van der Waals surface area contributed by atoms with Crippen molar-refractivity contribution in [1.82, 2.24) is 9.88 Å². The highest BCUT2D eigenvalue weighted by Crippen LogP contribution is 2.36. The summed E-state index contributed by atoms with van der Waals surface area (Å²) < 4.78 is 4.77. The van der Waals surface area contributed by atoms with Gasteiger partial charge in [0.2, 0.25) is 5.91 Å². The number of aromatic nitrogens is 1. The molecule has 0 saturated carbocycles. The number of rotatable bonds is 8. The molecule has 37 heavy (non-hydrogen) atoms. The van der Waals surface area contributed by atoms with Gasteiger partial charge in [-0.3, -0.25) is 14.6 Å². The summed E-state index contributed by atoms with van der Waals surface area (Å²) in [5.41, 5.74) is 4.53. The fourth-order valence-electron chi connectivity index (χ4n) is 3.93. The molecule has 190 valence electrons. The second kappa shape index (κ2) is 10.9. The van der Waals surface area contributed by atoms with Gasteiger partial charge in [0.1, 0.15) is 5.69 Å². The third-order valence-corrected chi connectivity index (χ3v) is 6.18. The molecule has 0 saturated heterocycles. The Kier molecular flexibility index (Phi) is 7.52. The molecule has 0 radical (unpaired) electrons. The molecule has 0 atom stereocenters. The van der Waals surface area contributed by atoms with E-state index in [-0.39, 0.29) is 23.9 Å². The van der Waals surface area contributed by atoms with Gasteiger partial charge in [-0.2, -0.15) is 0 Å². The van der Waals surface area contributed by atoms with Gasteiger partial charge >= 0.3 is 5.97 Å². The summed E-state index contributed by atoms with van der Waals surface area (Å²) in [5, 5.41) is 6.19. The minimum atomic E-state index is -0.531. The number of likely N-dealkylation sites (N-methyl/N-ethyl adjacent to an activating group) is 2. The van der Waals surface area contributed by atoms with E-state index in [1.165, 1.54) is 13.3 Å². The zero-order valence-electron chi connectivity index (χ0n) is 21.2. The van der Waals surface area contributed by atoms with E-state index in [0.717, 1.165) is 16.9 Å². The van der Waals surface area contributed by atoms with Crippen LogP contribution in [0.3, 0.4) is 0 Å². The molecule has 1 aliphatic rings. The van der Waals surface area contributed by atoms with E-state index >= 15 is 0 Å². The standard InChI is InChI=1S/C28H29N5O4/c1-5-32(2)23(34)17-33(3)21-13-11-20(12-14-21)30-25(18-9-7-6-8-10-18)24-26-22(31-27(24)35)15-19(16-29-26)28(36)37-4/h6-16,30H,5,17H2,1-4H3,(H,31,35). The number of nitrogens with one attached hydrogen (secondary N) is 2. The first-order valence-corrected chi connectivity index (χ1v) is 11.8. The van der Waals surface area contributed by atoms with Crippen LogP contribution in [-0.4, -0.2) is 62.0 Å². The molecule has 9 nitrogen and oxygen atoms in total. The number of carbonyl (C=O) groups is 3. The predicted octanol–water partition coefficient (Wildman–Crippen LogP) is 3.72. The molecule has 1 aromatic heterocycles. The first-order valence-electron chi connectivity index (χ1n) is 11.8. The van der Waals surface area contributed by atoms with Crippen molar-refractivity contribution in [3.63, 3.8) is 0 Å². The predicted molar refractivity (Wildman–Crippen MR) is 144 cm³/mol. The highest BCUT2D eigenvalue weighted by molar-refractivity contribution is 6.37. The van der Waals surface area contributed by atoms with Crippen LogP contribution in [0.5, 0.6) is 0 Å². The zero-order valence-corrected chi connectivity index (χ0v) is 21.2. The SMILES string of the molecule is CCN(C)C(=O)CN(C)c1ccc(NC(=C2C(=O)Nc3cc(C(=O)OC)cnc32)c2ccccc2)cc1. The molecule has 4 rings (SSSR count). The Bertz CT molecular complexity index is 1350. The lowest BCUT2D eigenvalue weighted by molar-refractivity contribution is -0.128. The van der Waals surface area contributed by atoms with Crippen LogP contribution in [0.15, 0.2) is 66.9 Å². The Hall–Kier alpha value is -4.66. The first kappa shape index (κ1) is 25.4. The van der Waals surface area contributed by atoms with Gasteiger partial charge in [0.15, 0.2) is 0 Å². The molecule has 2 N–H and O–H groups in total. The van der Waals surface area contributed by atoms with Crippen molar-refractivity contribution in [2.45, 2.75) is 6.92 Å². The number of carbonyl (C=O) groups excluding carboxylic acids is 3. The molecule has 0 unspecified atom stereocenters. The number of methoxy groups -OCH3 is 1. The Labute approximate surface area is 215 Å². The minimum absolute atomic E-state index is 0.0390. The summed E-state index contributed by atoms with van der Waals surface area (Å²) in [6.07, 6.45) is 1.40. The van der Waals surface area contributed by atoms with Crippen LogP contribution in [0.25, 0.3) is 11.3 Å². The van der Waals surface area contributed by atoms with Crippen LogP contribution in [0.1, 0.15) is 28.5 Å². The number of hydrogen-bond donors (Lipinski definition) is 2. The lowest BCUT2D eigenvalue weighted by Crippen LogP contribution is -2.36. The minimum Gasteiger partial charge on any atom is -0.465 e. The van der Waals surface area contributed by atoms with E-state index in [9.17, 15) is 14.4 Å². The molecule has 0 spiro atoms. The summed E-state index contributed by atoms with van der Waals surface area (Å²) in [6.45, 7) is 2.86. The second-order valence-electron chi connectivity index (χ2n) is 8.62. The van der Waals surface area contributed by atoms with Gasteiger partial charge in [-0.1, -0.05) is 30.3 Å². The molecule has 1 aliphatic heterocycles. The highest BCUT2D eigenvalue weighted by atomic mass is 16.5. The second-order valence-corrected chi connectivity index (χ2v) is 8.62. The van der Waals surface area contributed by atoms with Gasteiger partial charge in [0, 0.05) is 38.2 Å². The maximum absolute atomic E-state index is 13.1. The van der Waals surface area contributed by atoms with Crippen molar-refractivity contribution in [3.8, 4) is 0 Å². The van der Waals surface area contributed by atoms with Gasteiger partial charge < -0.3 is 25.2 Å². The van der Waals surface area contributed by atoms with E-state index in [1.807, 2.05) is 73.5 Å². The molecule has 0 aliphatic carbocycles. The van der Waals surface area contributed by atoms with Crippen molar-refractivity contribution in [2.24, 2.45) is 0 Å². The van der Waals surface area contributed by atoms with Crippen LogP contribution in [0.4, 0.5) is 17.1 Å². The largest absolute Gasteiger partial charge is 0.465 e. The van der Waals surface area contributed by atoms with Gasteiger partial charge in [-0.05, 0) is 42.8 Å². The van der Waals surface area contributed by atoms with E-state index in [1.54, 1.807) is 18.0 Å². The fourth-order valence-corrected chi connectivity index (χ4v) is 3.93. The molecular weight excluding hydrogens is 470 g/mol. The van der Waals surface area contributed by atoms with E-state index in [0.29, 0.717) is 29.2 Å². The highest BCUT2D eigenvalue weighted by Gasteiger charge is 2.31. The average Bonchev–Trinajstić information content (AvgIpc) is 3.25. The van der Waals surface area contributed by atoms with Crippen molar-refractivity contribution >= 4 is 46.1 Å². The van der Waals surface area contributed by atoms with Crippen LogP contribution in [0, 0.1) is 0 Å². The molecule has 9 heteroatoms. The van der Waals surface area contributed by atoms with Crippen LogP contribution in [-0.2, 0) is 14.3 Å². The van der Waals surface area contributed by atoms with Crippen LogP contribution >= 0.6 is 0 Å². The normalized spacial score (nSPS) is 13.4. The number of nitrogens with zero attached hydrogens (tertiary/aromatic N) is 3. The van der Waals surface area contributed by atoms with E-state index in [4.69, 9.17) is 4.74 Å². The smallest absolute Gasteiger partial charge is 0.339 e. The molecule has 2 amide bonds. The zero-order chi connectivity index (χ0) is 26.5. The lowest BCUT2D eigenvalue weighted by Gasteiger charge is -2.23. The van der Waals surface area contributed by atoms with Gasteiger partial charge in [-0.15, -0.1) is 0 Å². The van der Waals surface area contributed by atoms with Gasteiger partial charge in [0.05, 0.1) is 36.2 Å². The summed E-state index contributed by atoms with van der Waals surface area (Å²) in [4.78, 5) is 45.3. The first-order chi connectivity index (χ1) is 17.8. The summed E-state index contributed by atoms with van der Waals surface area (Å²) >= 11 is 0. The molecule has 2 heterocycles. The lowest BCUT2D eigenvalue weighted by atomic mass is 10.0. The number of benzene rings is 2. The summed E-state index contributed by atoms with van der Waals surface area (Å²) in [5.74, 6) is -0.820. The maximum Gasteiger partial charge on any atom is 0.339 e. The molecule has 0 fully saturated rings. The number of hydrogen-bond acceptors (Lipinski definition) is 7. The third-order valence-electron chi connectivity index (χ3n) is 6.18. The summed E-state index contributed by atoms with van der Waals surface area (Å²) in [7, 11) is 4.95. The molecule has 0 bridgehead atoms. The number of esters is 1. The number of pyridine rings is 1. The third kappa shape index (κ3) is 5.45. The quantitative estimate of drug-likeness (QED) is 0.360. The topological polar surface area (TPSA) is 104 Å². The van der Waals surface area contributed by atoms with Crippen molar-refractivity contribution in [3.05, 3.63) is 83.7 Å². The van der Waals surface area contributed by atoms with Gasteiger partial charge in [0.25, 0.3) is 5.91 Å². The number of anilines is 3. The number of amides is 2. The van der Waals surface area contributed by atoms with Crippen molar-refractivity contribution < 1.29 is 19.1 Å². The van der Waals surface area contributed by atoms with Crippen molar-refractivity contribution in [1.29, 1.82) is 0 Å². The molecular formula is C28H29N5O4. The van der Waals surface area contributed by atoms with Crippen LogP contribution < -0.4 is 15.5 Å². The fraction of sp³-hybridized carbons (Fsp3) is 0.214. The molecule has 2 aromatic carbocycles. The van der Waals surface area contributed by atoms with Crippen molar-refractivity contribution in [2.75, 3.05) is 49.8 Å². The monoisotopic (exact) mass is 499 g/mol. The van der Waals surface area contributed by atoms with E-state index in [2.05, 4.69) is 15.6 Å². The number of fused-ring (bicyclic) bond motifs is 1. The average molecular weight is 500 g/mol. The van der Waals surface area contributed by atoms with Gasteiger partial charge in [-0.25, -0.2) is 4.79 Å². The summed E-state index contributed by atoms with van der Waals surface area (Å²) in [6, 6.07) is 18.7. The Morgan fingerprint density at radius 3 is 2.38 bits per heavy atom. The Morgan fingerprint density at radius 2 is 1.73 bits per heavy atom. The van der Waals surface area contributed by atoms with Crippen LogP contribution in [0.2, 0.25) is 0 Å². The Morgan fingerprint density at radius 1 is 1.03 bits per heavy atom. The molecule has 3 aromatic rings.